The first-order valence-corrected chi connectivity index (χ1v) is 21.6. The number of carboxylic acid groups (broad SMARTS) is 1. The fraction of sp³-hybridized carbons (Fsp3) is 0.905. The molecule has 0 bridgehead atoms. The van der Waals surface area contributed by atoms with Gasteiger partial charge in [-0.2, -0.15) is 5.26 Å². The SMILES string of the molecule is CC1CCC(Br)CC1.CC1CCC(C2(C#N)CCCCC2)CC1.CC1CCC(C2(C(=O)O)CCCCC2)CC1.CN1CCC(=C[N+](=O)[O-])CC1.O. The summed E-state index contributed by atoms with van der Waals surface area (Å²) in [6.45, 7) is 8.89. The number of nitro groups is 1. The molecule has 0 spiro atoms. The van der Waals surface area contributed by atoms with Gasteiger partial charge in [0.05, 0.1) is 21.8 Å². The van der Waals surface area contributed by atoms with E-state index in [-0.39, 0.29) is 21.2 Å². The summed E-state index contributed by atoms with van der Waals surface area (Å²) < 4.78 is 0. The van der Waals surface area contributed by atoms with Crippen molar-refractivity contribution >= 4 is 21.9 Å². The molecule has 6 aliphatic rings. The first-order chi connectivity index (χ1) is 23.9. The van der Waals surface area contributed by atoms with E-state index in [1.165, 1.54) is 103 Å². The molecule has 3 N–H and O–H groups in total. The van der Waals surface area contributed by atoms with Gasteiger partial charge in [0.1, 0.15) is 0 Å². The molecule has 0 radical (unpaired) electrons. The third-order valence-electron chi connectivity index (χ3n) is 13.6. The van der Waals surface area contributed by atoms with Gasteiger partial charge in [-0.1, -0.05) is 101 Å². The van der Waals surface area contributed by atoms with Crippen molar-refractivity contribution in [1.82, 2.24) is 4.90 Å². The molecule has 8 nitrogen and oxygen atoms in total. The largest absolute Gasteiger partial charge is 0.481 e. The van der Waals surface area contributed by atoms with Crippen LogP contribution in [0.4, 0.5) is 0 Å². The van der Waals surface area contributed by atoms with Crippen LogP contribution in [0.1, 0.15) is 175 Å². The molecule has 294 valence electrons. The second-order valence-corrected chi connectivity index (χ2v) is 18.8. The number of carboxylic acids is 1. The zero-order valence-electron chi connectivity index (χ0n) is 32.8. The molecule has 0 aromatic rings. The lowest BCUT2D eigenvalue weighted by atomic mass is 9.61. The number of nitrogens with zero attached hydrogens (tertiary/aromatic N) is 3. The first-order valence-electron chi connectivity index (χ1n) is 20.7. The van der Waals surface area contributed by atoms with Crippen molar-refractivity contribution in [2.45, 2.75) is 180 Å². The highest BCUT2D eigenvalue weighted by atomic mass is 79.9. The Kier molecular flexibility index (Phi) is 20.9. The molecule has 0 atom stereocenters. The van der Waals surface area contributed by atoms with Gasteiger partial charge in [-0.25, -0.2) is 0 Å². The van der Waals surface area contributed by atoms with E-state index in [0.29, 0.717) is 5.92 Å². The average molecular weight is 781 g/mol. The summed E-state index contributed by atoms with van der Waals surface area (Å²) >= 11 is 3.62. The van der Waals surface area contributed by atoms with E-state index in [2.05, 4.69) is 47.7 Å². The van der Waals surface area contributed by atoms with Crippen LogP contribution in [0.2, 0.25) is 0 Å². The minimum Gasteiger partial charge on any atom is -0.481 e. The van der Waals surface area contributed by atoms with E-state index in [0.717, 1.165) is 105 Å². The van der Waals surface area contributed by atoms with Crippen LogP contribution in [-0.4, -0.2) is 51.3 Å². The van der Waals surface area contributed by atoms with Crippen molar-refractivity contribution in [1.29, 1.82) is 5.26 Å². The highest BCUT2D eigenvalue weighted by Crippen LogP contribution is 2.50. The Morgan fingerprint density at radius 1 is 0.784 bits per heavy atom. The van der Waals surface area contributed by atoms with Crippen LogP contribution in [0.3, 0.4) is 0 Å². The molecular formula is C42H74BrN3O5. The van der Waals surface area contributed by atoms with Crippen LogP contribution >= 0.6 is 15.9 Å². The Morgan fingerprint density at radius 2 is 1.20 bits per heavy atom. The summed E-state index contributed by atoms with van der Waals surface area (Å²) in [5.41, 5.74) is 0.699. The maximum Gasteiger partial charge on any atom is 0.309 e. The number of rotatable bonds is 4. The predicted octanol–water partition coefficient (Wildman–Crippen LogP) is 11.1. The van der Waals surface area contributed by atoms with Gasteiger partial charge in [0, 0.05) is 23.5 Å². The standard InChI is InChI=1S/C14H23N.C14H24O2.C7H13Br.C7H12N2O2.H2O/c1-12-5-7-13(8-6-12)14(11-15)9-3-2-4-10-14;1-11-5-7-12(8-6-11)14(13(15)16)9-3-2-4-10-14;1-6-2-4-7(8)5-3-6;1-8-4-2-7(3-5-8)6-9(10)11;/h12-13H,2-10H2,1H3;11-12H,2-10H2,1H3,(H,15,16);6-7H,2-5H2,1H3;6H,2-5H2,1H3;1H2. The number of hydrogen-bond donors (Lipinski definition) is 1. The molecule has 0 aromatic carbocycles. The van der Waals surface area contributed by atoms with Crippen LogP contribution in [0.15, 0.2) is 11.8 Å². The summed E-state index contributed by atoms with van der Waals surface area (Å²) in [7, 11) is 2.03. The Balaban J connectivity index is 0.000000241. The van der Waals surface area contributed by atoms with Gasteiger partial charge in [0.2, 0.25) is 6.20 Å². The molecule has 1 saturated heterocycles. The van der Waals surface area contributed by atoms with Crippen LogP contribution < -0.4 is 0 Å². The molecule has 0 aromatic heterocycles. The second kappa shape index (κ2) is 23.3. The topological polar surface area (TPSA) is 139 Å². The summed E-state index contributed by atoms with van der Waals surface area (Å²) in [6.07, 6.45) is 30.2. The quantitative estimate of drug-likeness (QED) is 0.171. The molecular weight excluding hydrogens is 706 g/mol. The molecule has 9 heteroatoms. The molecule has 1 aliphatic heterocycles. The van der Waals surface area contributed by atoms with E-state index in [9.17, 15) is 25.3 Å². The maximum atomic E-state index is 11.7. The molecule has 51 heavy (non-hydrogen) atoms. The van der Waals surface area contributed by atoms with Crippen molar-refractivity contribution in [3.8, 4) is 6.07 Å². The number of halogens is 1. The number of carbonyl (C=O) groups is 1. The summed E-state index contributed by atoms with van der Waals surface area (Å²) in [5, 5.41) is 29.2. The highest BCUT2D eigenvalue weighted by molar-refractivity contribution is 9.09. The number of hydrogen-bond acceptors (Lipinski definition) is 5. The minimum absolute atomic E-state index is 0. The van der Waals surface area contributed by atoms with Gasteiger partial charge >= 0.3 is 5.97 Å². The van der Waals surface area contributed by atoms with Crippen molar-refractivity contribution in [2.24, 2.45) is 40.4 Å². The molecule has 0 unspecified atom stereocenters. The molecule has 1 heterocycles. The minimum atomic E-state index is -0.508. The van der Waals surface area contributed by atoms with Crippen molar-refractivity contribution in [3.05, 3.63) is 21.9 Å². The summed E-state index contributed by atoms with van der Waals surface area (Å²) in [6, 6.07) is 2.70. The van der Waals surface area contributed by atoms with Crippen molar-refractivity contribution in [2.75, 3.05) is 20.1 Å². The number of piperidine rings is 1. The third kappa shape index (κ3) is 15.0. The maximum absolute atomic E-state index is 11.7. The normalized spacial score (nSPS) is 31.9. The summed E-state index contributed by atoms with van der Waals surface area (Å²) in [5.74, 6) is 3.38. The Hall–Kier alpha value is -1.50. The van der Waals surface area contributed by atoms with Gasteiger partial charge in [-0.05, 0) is 127 Å². The molecule has 0 amide bonds. The van der Waals surface area contributed by atoms with Crippen molar-refractivity contribution in [3.63, 3.8) is 0 Å². The molecule has 6 fully saturated rings. The molecule has 5 aliphatic carbocycles. The lowest BCUT2D eigenvalue weighted by Gasteiger charge is -2.43. The average Bonchev–Trinajstić information content (AvgIpc) is 3.12. The van der Waals surface area contributed by atoms with Gasteiger partial charge in [-0.15, -0.1) is 0 Å². The van der Waals surface area contributed by atoms with E-state index >= 15 is 0 Å². The fourth-order valence-electron chi connectivity index (χ4n) is 9.80. The predicted molar refractivity (Wildman–Crippen MR) is 212 cm³/mol. The highest BCUT2D eigenvalue weighted by Gasteiger charge is 2.46. The monoisotopic (exact) mass is 779 g/mol. The Labute approximate surface area is 319 Å². The number of nitriles is 1. The lowest BCUT2D eigenvalue weighted by Crippen LogP contribution is -2.42. The van der Waals surface area contributed by atoms with Gasteiger partial charge in [-0.3, -0.25) is 14.9 Å². The van der Waals surface area contributed by atoms with Crippen LogP contribution in [-0.2, 0) is 4.79 Å². The Bertz CT molecular complexity index is 1050. The zero-order chi connectivity index (χ0) is 36.6. The van der Waals surface area contributed by atoms with E-state index in [1.807, 2.05) is 7.05 Å². The lowest BCUT2D eigenvalue weighted by molar-refractivity contribution is -0.403. The van der Waals surface area contributed by atoms with Gasteiger partial charge in [0.15, 0.2) is 0 Å². The van der Waals surface area contributed by atoms with Crippen molar-refractivity contribution < 1.29 is 20.3 Å². The molecule has 6 rings (SSSR count). The summed E-state index contributed by atoms with van der Waals surface area (Å²) in [4.78, 5) is 24.4. The first kappa shape index (κ1) is 45.7. The second-order valence-electron chi connectivity index (χ2n) is 17.5. The fourth-order valence-corrected chi connectivity index (χ4v) is 10.3. The smallest absolute Gasteiger partial charge is 0.309 e. The van der Waals surface area contributed by atoms with E-state index < -0.39 is 5.97 Å². The Morgan fingerprint density at radius 3 is 1.59 bits per heavy atom. The van der Waals surface area contributed by atoms with Crippen LogP contribution in [0.5, 0.6) is 0 Å². The number of aliphatic carboxylic acids is 1. The van der Waals surface area contributed by atoms with Gasteiger partial charge < -0.3 is 15.5 Å². The number of alkyl halides is 1. The van der Waals surface area contributed by atoms with Crippen LogP contribution in [0.25, 0.3) is 0 Å². The number of likely N-dealkylation sites (tertiary alicyclic amines) is 1. The van der Waals surface area contributed by atoms with Crippen LogP contribution in [0, 0.1) is 61.9 Å². The van der Waals surface area contributed by atoms with E-state index in [1.54, 1.807) is 0 Å². The van der Waals surface area contributed by atoms with E-state index in [4.69, 9.17) is 0 Å². The zero-order valence-corrected chi connectivity index (χ0v) is 34.4. The van der Waals surface area contributed by atoms with Gasteiger partial charge in [0.25, 0.3) is 0 Å². The molecule has 5 saturated carbocycles. The third-order valence-corrected chi connectivity index (χ3v) is 14.5.